The summed E-state index contributed by atoms with van der Waals surface area (Å²) in [5.41, 5.74) is 6.30. The molecule has 1 aromatic rings. The van der Waals surface area contributed by atoms with E-state index in [0.717, 1.165) is 29.9 Å². The molecule has 0 unspecified atom stereocenters. The minimum absolute atomic E-state index is 0.118. The van der Waals surface area contributed by atoms with Gasteiger partial charge in [-0.2, -0.15) is 11.8 Å². The Morgan fingerprint density at radius 3 is 2.70 bits per heavy atom. The van der Waals surface area contributed by atoms with Crippen molar-refractivity contribution in [2.75, 3.05) is 18.1 Å². The van der Waals surface area contributed by atoms with Gasteiger partial charge in [-0.3, -0.25) is 0 Å². The molecule has 3 N–H and O–H groups in total. The van der Waals surface area contributed by atoms with Gasteiger partial charge in [0.25, 0.3) is 0 Å². The van der Waals surface area contributed by atoms with Crippen molar-refractivity contribution in [3.8, 4) is 0 Å². The Kier molecular flexibility index (Phi) is 5.74. The molecule has 0 radical (unpaired) electrons. The molecule has 0 amide bonds. The lowest BCUT2D eigenvalue weighted by atomic mass is 10.0. The van der Waals surface area contributed by atoms with E-state index >= 15 is 0 Å². The minimum atomic E-state index is -3.57. The number of nitrogens with two attached hydrogens (primary N) is 1. The molecule has 112 valence electrons. The van der Waals surface area contributed by atoms with Gasteiger partial charge in [0.2, 0.25) is 10.0 Å². The van der Waals surface area contributed by atoms with Gasteiger partial charge in [0.15, 0.2) is 0 Å². The van der Waals surface area contributed by atoms with Crippen molar-refractivity contribution in [3.63, 3.8) is 0 Å². The Hall–Kier alpha value is -0.270. The van der Waals surface area contributed by atoms with Gasteiger partial charge < -0.3 is 5.73 Å². The molecule has 0 spiro atoms. The third-order valence-corrected chi connectivity index (χ3v) is 6.38. The molecule has 20 heavy (non-hydrogen) atoms. The second-order valence-corrected chi connectivity index (χ2v) is 8.24. The second-order valence-electron chi connectivity index (χ2n) is 4.88. The zero-order valence-corrected chi connectivity index (χ0v) is 13.5. The molecular weight excluding hydrogens is 316 g/mol. The second kappa shape index (κ2) is 7.13. The first-order chi connectivity index (χ1) is 9.53. The monoisotopic (exact) mass is 334 g/mol. The Bertz CT molecular complexity index is 557. The van der Waals surface area contributed by atoms with E-state index in [1.165, 1.54) is 0 Å². The molecule has 0 aliphatic carbocycles. The summed E-state index contributed by atoms with van der Waals surface area (Å²) in [7, 11) is -3.57. The average molecular weight is 335 g/mol. The summed E-state index contributed by atoms with van der Waals surface area (Å²) in [6.07, 6.45) is 2.12. The van der Waals surface area contributed by atoms with Crippen molar-refractivity contribution in [1.29, 1.82) is 0 Å². The van der Waals surface area contributed by atoms with Crippen molar-refractivity contribution < 1.29 is 8.42 Å². The van der Waals surface area contributed by atoms with Crippen LogP contribution in [-0.4, -0.2) is 26.5 Å². The number of hydrogen-bond donors (Lipinski definition) is 2. The Morgan fingerprint density at radius 2 is 2.05 bits per heavy atom. The van der Waals surface area contributed by atoms with Crippen LogP contribution in [0.4, 0.5) is 0 Å². The molecule has 1 aliphatic heterocycles. The van der Waals surface area contributed by atoms with Gasteiger partial charge in [0.05, 0.1) is 5.02 Å². The van der Waals surface area contributed by atoms with Gasteiger partial charge in [-0.05, 0) is 48.0 Å². The number of thioether (sulfide) groups is 1. The zero-order chi connectivity index (χ0) is 14.6. The highest BCUT2D eigenvalue weighted by atomic mass is 35.5. The predicted molar refractivity (Wildman–Crippen MR) is 84.6 cm³/mol. The molecule has 0 atom stereocenters. The molecule has 0 saturated carbocycles. The number of nitrogens with one attached hydrogen (secondary N) is 1. The Balaban J connectivity index is 2.09. The molecule has 1 aliphatic rings. The Labute approximate surface area is 129 Å². The first-order valence-electron chi connectivity index (χ1n) is 6.59. The maximum absolute atomic E-state index is 12.3. The van der Waals surface area contributed by atoms with Crippen LogP contribution in [0.3, 0.4) is 0 Å². The summed E-state index contributed by atoms with van der Waals surface area (Å²) in [4.78, 5) is 0.118. The van der Waals surface area contributed by atoms with Crippen molar-refractivity contribution in [2.45, 2.75) is 24.3 Å². The van der Waals surface area contributed by atoms with Crippen LogP contribution in [0.1, 0.15) is 18.4 Å². The lowest BCUT2D eigenvalue weighted by molar-refractivity contribution is 0.476. The highest BCUT2D eigenvalue weighted by Crippen LogP contribution is 2.25. The summed E-state index contributed by atoms with van der Waals surface area (Å²) in [5, 5.41) is 0.230. The maximum Gasteiger partial charge on any atom is 0.242 e. The van der Waals surface area contributed by atoms with Crippen LogP contribution >= 0.6 is 23.4 Å². The first-order valence-corrected chi connectivity index (χ1v) is 9.60. The minimum Gasteiger partial charge on any atom is -0.326 e. The SMILES string of the molecule is NCc1ccc(Cl)c(S(=O)(=O)NCC2CCSCC2)c1. The highest BCUT2D eigenvalue weighted by molar-refractivity contribution is 7.99. The summed E-state index contributed by atoms with van der Waals surface area (Å²) in [6.45, 7) is 0.769. The molecule has 1 fully saturated rings. The number of sulfonamides is 1. The quantitative estimate of drug-likeness (QED) is 0.866. The van der Waals surface area contributed by atoms with Gasteiger partial charge in [-0.25, -0.2) is 13.1 Å². The summed E-state index contributed by atoms with van der Waals surface area (Å²) in [5.74, 6) is 2.63. The molecule has 2 rings (SSSR count). The van der Waals surface area contributed by atoms with Gasteiger partial charge >= 0.3 is 0 Å². The van der Waals surface area contributed by atoms with Gasteiger partial charge in [0, 0.05) is 13.1 Å². The number of benzene rings is 1. The Morgan fingerprint density at radius 1 is 1.35 bits per heavy atom. The van der Waals surface area contributed by atoms with Crippen LogP contribution in [0.25, 0.3) is 0 Å². The number of rotatable bonds is 5. The van der Waals surface area contributed by atoms with E-state index < -0.39 is 10.0 Å². The zero-order valence-electron chi connectivity index (χ0n) is 11.1. The van der Waals surface area contributed by atoms with E-state index in [1.54, 1.807) is 18.2 Å². The van der Waals surface area contributed by atoms with E-state index in [9.17, 15) is 8.42 Å². The van der Waals surface area contributed by atoms with Gasteiger partial charge in [-0.1, -0.05) is 17.7 Å². The van der Waals surface area contributed by atoms with Crippen LogP contribution in [0.5, 0.6) is 0 Å². The third-order valence-electron chi connectivity index (χ3n) is 3.42. The van der Waals surface area contributed by atoms with E-state index in [1.807, 2.05) is 11.8 Å². The first kappa shape index (κ1) is 16.1. The number of halogens is 1. The standard InChI is InChI=1S/C13H19ClN2O2S2/c14-12-2-1-11(8-15)7-13(12)20(17,18)16-9-10-3-5-19-6-4-10/h1-2,7,10,16H,3-6,8-9,15H2. The third kappa shape index (κ3) is 4.11. The van der Waals surface area contributed by atoms with Crippen molar-refractivity contribution >= 4 is 33.4 Å². The largest absolute Gasteiger partial charge is 0.326 e. The fourth-order valence-electron chi connectivity index (χ4n) is 2.14. The molecule has 0 aromatic heterocycles. The van der Waals surface area contributed by atoms with Crippen molar-refractivity contribution in [2.24, 2.45) is 11.7 Å². The van der Waals surface area contributed by atoms with Crippen molar-refractivity contribution in [3.05, 3.63) is 28.8 Å². The maximum atomic E-state index is 12.3. The fraction of sp³-hybridized carbons (Fsp3) is 0.538. The van der Waals surface area contributed by atoms with E-state index in [2.05, 4.69) is 4.72 Å². The lowest BCUT2D eigenvalue weighted by Gasteiger charge is -2.21. The van der Waals surface area contributed by atoms with Gasteiger partial charge in [-0.15, -0.1) is 0 Å². The van der Waals surface area contributed by atoms with Crippen LogP contribution in [0, 0.1) is 5.92 Å². The van der Waals surface area contributed by atoms with Crippen LogP contribution in [-0.2, 0) is 16.6 Å². The lowest BCUT2D eigenvalue weighted by Crippen LogP contribution is -2.31. The van der Waals surface area contributed by atoms with Crippen molar-refractivity contribution in [1.82, 2.24) is 4.72 Å². The van der Waals surface area contributed by atoms with Gasteiger partial charge in [0.1, 0.15) is 4.90 Å². The summed E-state index contributed by atoms with van der Waals surface area (Å²) < 4.78 is 27.3. The molecule has 4 nitrogen and oxygen atoms in total. The van der Waals surface area contributed by atoms with Crippen LogP contribution in [0.2, 0.25) is 5.02 Å². The normalized spacial score (nSPS) is 17.3. The summed E-state index contributed by atoms with van der Waals surface area (Å²) in [6, 6.07) is 4.86. The molecule has 0 bridgehead atoms. The number of hydrogen-bond acceptors (Lipinski definition) is 4. The van der Waals surface area contributed by atoms with E-state index in [0.29, 0.717) is 19.0 Å². The van der Waals surface area contributed by atoms with Crippen LogP contribution < -0.4 is 10.5 Å². The molecule has 1 aromatic carbocycles. The molecule has 1 saturated heterocycles. The molecule has 1 heterocycles. The summed E-state index contributed by atoms with van der Waals surface area (Å²) >= 11 is 7.92. The van der Waals surface area contributed by atoms with Crippen LogP contribution in [0.15, 0.2) is 23.1 Å². The average Bonchev–Trinajstić information content (AvgIpc) is 2.47. The fourth-order valence-corrected chi connectivity index (χ4v) is 5.00. The topological polar surface area (TPSA) is 72.2 Å². The molecule has 7 heteroatoms. The molecular formula is C13H19ClN2O2S2. The highest BCUT2D eigenvalue weighted by Gasteiger charge is 2.21. The van der Waals surface area contributed by atoms with E-state index in [4.69, 9.17) is 17.3 Å². The smallest absolute Gasteiger partial charge is 0.242 e. The predicted octanol–water partition coefficient (Wildman–Crippen LogP) is 2.22. The van der Waals surface area contributed by atoms with E-state index in [-0.39, 0.29) is 9.92 Å².